The number of rotatable bonds is 5. The first kappa shape index (κ1) is 14.9. The summed E-state index contributed by atoms with van der Waals surface area (Å²) in [7, 11) is 0. The van der Waals surface area contributed by atoms with Crippen molar-refractivity contribution in [3.8, 4) is 0 Å². The lowest BCUT2D eigenvalue weighted by atomic mass is 10.0. The quantitative estimate of drug-likeness (QED) is 0.645. The van der Waals surface area contributed by atoms with E-state index in [9.17, 15) is 19.1 Å². The fourth-order valence-corrected chi connectivity index (χ4v) is 1.40. The molecule has 7 heteroatoms. The summed E-state index contributed by atoms with van der Waals surface area (Å²) in [4.78, 5) is 21.9. The molecule has 0 radical (unpaired) electrons. The second-order valence-corrected chi connectivity index (χ2v) is 4.39. The van der Waals surface area contributed by atoms with E-state index >= 15 is 0 Å². The van der Waals surface area contributed by atoms with Crippen molar-refractivity contribution in [3.05, 3.63) is 30.1 Å². The summed E-state index contributed by atoms with van der Waals surface area (Å²) in [6, 6.07) is 4.65. The summed E-state index contributed by atoms with van der Waals surface area (Å²) in [5.74, 6) is -1.66. The first-order valence-corrected chi connectivity index (χ1v) is 5.53. The van der Waals surface area contributed by atoms with Crippen LogP contribution in [0, 0.1) is 5.82 Å². The molecule has 0 saturated heterocycles. The third-order valence-corrected chi connectivity index (χ3v) is 2.24. The number of carbonyl (C=O) groups excluding carboxylic acids is 1. The molecule has 1 aromatic rings. The van der Waals surface area contributed by atoms with Crippen LogP contribution < -0.4 is 10.6 Å². The number of carboxylic acids is 1. The SMILES string of the molecule is CC(O)(CNC(=O)Nc1cccc(F)c1)CC(=O)O. The Bertz CT molecular complexity index is 477. The molecule has 6 nitrogen and oxygen atoms in total. The number of hydrogen-bond donors (Lipinski definition) is 4. The molecule has 0 heterocycles. The maximum atomic E-state index is 12.9. The van der Waals surface area contributed by atoms with Crippen LogP contribution in [0.2, 0.25) is 0 Å². The summed E-state index contributed by atoms with van der Waals surface area (Å²) in [5, 5.41) is 22.9. The zero-order valence-electron chi connectivity index (χ0n) is 10.3. The predicted octanol–water partition coefficient (Wildman–Crippen LogP) is 1.17. The molecular formula is C12H15FN2O4. The van der Waals surface area contributed by atoms with Crippen molar-refractivity contribution >= 4 is 17.7 Å². The second-order valence-electron chi connectivity index (χ2n) is 4.39. The smallest absolute Gasteiger partial charge is 0.319 e. The normalized spacial score (nSPS) is 13.4. The molecule has 0 aliphatic rings. The summed E-state index contributed by atoms with van der Waals surface area (Å²) in [6.07, 6.45) is -0.493. The van der Waals surface area contributed by atoms with Crippen molar-refractivity contribution in [1.29, 1.82) is 0 Å². The molecule has 1 rings (SSSR count). The van der Waals surface area contributed by atoms with Gasteiger partial charge in [0.25, 0.3) is 0 Å². The molecule has 0 saturated carbocycles. The molecule has 104 valence electrons. The largest absolute Gasteiger partial charge is 0.481 e. The van der Waals surface area contributed by atoms with Crippen molar-refractivity contribution in [3.63, 3.8) is 0 Å². The highest BCUT2D eigenvalue weighted by molar-refractivity contribution is 5.89. The maximum absolute atomic E-state index is 12.9. The van der Waals surface area contributed by atoms with Gasteiger partial charge in [-0.1, -0.05) is 6.07 Å². The minimum absolute atomic E-state index is 0.236. The number of urea groups is 1. The van der Waals surface area contributed by atoms with Gasteiger partial charge in [-0.25, -0.2) is 9.18 Å². The van der Waals surface area contributed by atoms with Crippen molar-refractivity contribution in [2.24, 2.45) is 0 Å². The fraction of sp³-hybridized carbons (Fsp3) is 0.333. The van der Waals surface area contributed by atoms with E-state index in [1.165, 1.54) is 25.1 Å². The highest BCUT2D eigenvalue weighted by atomic mass is 19.1. The van der Waals surface area contributed by atoms with Crippen molar-refractivity contribution in [1.82, 2.24) is 5.32 Å². The van der Waals surface area contributed by atoms with E-state index in [2.05, 4.69) is 10.6 Å². The molecule has 1 atom stereocenters. The van der Waals surface area contributed by atoms with Crippen molar-refractivity contribution in [2.75, 3.05) is 11.9 Å². The zero-order chi connectivity index (χ0) is 14.5. The van der Waals surface area contributed by atoms with E-state index in [-0.39, 0.29) is 12.2 Å². The van der Waals surface area contributed by atoms with Gasteiger partial charge in [0, 0.05) is 12.2 Å². The molecule has 0 bridgehead atoms. The Balaban J connectivity index is 2.46. The number of carbonyl (C=O) groups is 2. The zero-order valence-corrected chi connectivity index (χ0v) is 10.3. The first-order valence-electron chi connectivity index (χ1n) is 5.53. The summed E-state index contributed by atoms with van der Waals surface area (Å²) in [5.41, 5.74) is -1.29. The maximum Gasteiger partial charge on any atom is 0.319 e. The number of carboxylic acid groups (broad SMARTS) is 1. The molecule has 4 N–H and O–H groups in total. The standard InChI is InChI=1S/C12H15FN2O4/c1-12(19,6-10(16)17)7-14-11(18)15-9-4-2-3-8(13)5-9/h2-5,19H,6-7H2,1H3,(H,16,17)(H2,14,15,18). The van der Waals surface area contributed by atoms with Gasteiger partial charge in [-0.15, -0.1) is 0 Å². The van der Waals surface area contributed by atoms with Gasteiger partial charge >= 0.3 is 12.0 Å². The lowest BCUT2D eigenvalue weighted by molar-refractivity contribution is -0.141. The van der Waals surface area contributed by atoms with Crippen LogP contribution in [-0.2, 0) is 4.79 Å². The molecule has 0 fully saturated rings. The van der Waals surface area contributed by atoms with Gasteiger partial charge in [-0.05, 0) is 25.1 Å². The highest BCUT2D eigenvalue weighted by Crippen LogP contribution is 2.10. The summed E-state index contributed by atoms with van der Waals surface area (Å²) in [6.45, 7) is 1.06. The average Bonchev–Trinajstić information content (AvgIpc) is 2.25. The van der Waals surface area contributed by atoms with E-state index in [1.807, 2.05) is 0 Å². The topological polar surface area (TPSA) is 98.7 Å². The van der Waals surface area contributed by atoms with Gasteiger partial charge < -0.3 is 20.8 Å². The van der Waals surface area contributed by atoms with Gasteiger partial charge in [0.2, 0.25) is 0 Å². The number of nitrogens with one attached hydrogen (secondary N) is 2. The molecule has 0 aliphatic heterocycles. The number of halogens is 1. The summed E-state index contributed by atoms with van der Waals surface area (Å²) < 4.78 is 12.9. The number of aliphatic hydroxyl groups is 1. The third kappa shape index (κ3) is 5.82. The Morgan fingerprint density at radius 1 is 1.42 bits per heavy atom. The molecule has 19 heavy (non-hydrogen) atoms. The van der Waals surface area contributed by atoms with E-state index in [0.29, 0.717) is 0 Å². The second kappa shape index (κ2) is 6.14. The van der Waals surface area contributed by atoms with Gasteiger partial charge in [0.05, 0.1) is 12.0 Å². The van der Waals surface area contributed by atoms with Gasteiger partial charge in [-0.2, -0.15) is 0 Å². The molecule has 0 spiro atoms. The van der Waals surface area contributed by atoms with Crippen LogP contribution >= 0.6 is 0 Å². The van der Waals surface area contributed by atoms with Crippen LogP contribution in [0.1, 0.15) is 13.3 Å². The Morgan fingerprint density at radius 2 is 2.11 bits per heavy atom. The van der Waals surface area contributed by atoms with Crippen molar-refractivity contribution in [2.45, 2.75) is 18.9 Å². The van der Waals surface area contributed by atoms with E-state index < -0.39 is 29.8 Å². The first-order chi connectivity index (χ1) is 8.78. The number of amides is 2. The molecule has 0 aliphatic carbocycles. The average molecular weight is 270 g/mol. The highest BCUT2D eigenvalue weighted by Gasteiger charge is 2.24. The summed E-state index contributed by atoms with van der Waals surface area (Å²) >= 11 is 0. The predicted molar refractivity (Wildman–Crippen MR) is 66.3 cm³/mol. The van der Waals surface area contributed by atoms with Crippen LogP contribution in [0.25, 0.3) is 0 Å². The van der Waals surface area contributed by atoms with Crippen LogP contribution in [0.15, 0.2) is 24.3 Å². The van der Waals surface area contributed by atoms with Crippen LogP contribution in [0.5, 0.6) is 0 Å². The minimum atomic E-state index is -1.55. The lowest BCUT2D eigenvalue weighted by Gasteiger charge is -2.21. The van der Waals surface area contributed by atoms with E-state index in [4.69, 9.17) is 5.11 Å². The third-order valence-electron chi connectivity index (χ3n) is 2.24. The Morgan fingerprint density at radius 3 is 2.68 bits per heavy atom. The molecule has 2 amide bonds. The van der Waals surface area contributed by atoms with Gasteiger partial charge in [0.1, 0.15) is 5.82 Å². The van der Waals surface area contributed by atoms with Gasteiger partial charge in [0.15, 0.2) is 0 Å². The Labute approximate surface area is 109 Å². The minimum Gasteiger partial charge on any atom is -0.481 e. The van der Waals surface area contributed by atoms with E-state index in [0.717, 1.165) is 6.07 Å². The number of hydrogen-bond acceptors (Lipinski definition) is 3. The molecular weight excluding hydrogens is 255 g/mol. The number of anilines is 1. The van der Waals surface area contributed by atoms with Crippen LogP contribution in [-0.4, -0.2) is 34.4 Å². The fourth-order valence-electron chi connectivity index (χ4n) is 1.40. The Hall–Kier alpha value is -2.15. The monoisotopic (exact) mass is 270 g/mol. The van der Waals surface area contributed by atoms with Crippen molar-refractivity contribution < 1.29 is 24.2 Å². The number of aliphatic carboxylic acids is 1. The molecule has 1 aromatic carbocycles. The number of benzene rings is 1. The van der Waals surface area contributed by atoms with E-state index in [1.54, 1.807) is 0 Å². The molecule has 0 aromatic heterocycles. The lowest BCUT2D eigenvalue weighted by Crippen LogP contribution is -2.43. The Kier molecular flexibility index (Phi) is 4.82. The van der Waals surface area contributed by atoms with Crippen LogP contribution in [0.3, 0.4) is 0 Å². The van der Waals surface area contributed by atoms with Gasteiger partial charge in [-0.3, -0.25) is 4.79 Å². The van der Waals surface area contributed by atoms with Crippen LogP contribution in [0.4, 0.5) is 14.9 Å². The molecule has 1 unspecified atom stereocenters.